The van der Waals surface area contributed by atoms with Crippen molar-refractivity contribution in [2.24, 2.45) is 5.41 Å². The first-order valence-electron chi connectivity index (χ1n) is 20.8. The van der Waals surface area contributed by atoms with Gasteiger partial charge in [0.25, 0.3) is 0 Å². The first-order valence-corrected chi connectivity index (χ1v) is 21.2. The molecule has 5 aliphatic rings. The number of aromatic nitrogens is 3. The molecule has 1 spiro atoms. The van der Waals surface area contributed by atoms with E-state index in [1.165, 1.54) is 12.0 Å². The number of imide groups is 1. The fourth-order valence-electron chi connectivity index (χ4n) is 9.14. The predicted octanol–water partition coefficient (Wildman–Crippen LogP) is 5.59. The second kappa shape index (κ2) is 16.6. The van der Waals surface area contributed by atoms with Gasteiger partial charge in [-0.3, -0.25) is 34.4 Å². The number of rotatable bonds is 10. The predicted molar refractivity (Wildman–Crippen MR) is 227 cm³/mol. The van der Waals surface area contributed by atoms with E-state index in [0.29, 0.717) is 80.1 Å². The van der Waals surface area contributed by atoms with Crippen LogP contribution in [0, 0.1) is 5.41 Å². The van der Waals surface area contributed by atoms with Crippen molar-refractivity contribution < 1.29 is 19.2 Å². The Bertz CT molecular complexity index is 2230. The molecule has 0 aliphatic carbocycles. The van der Waals surface area contributed by atoms with Crippen LogP contribution in [-0.2, 0) is 19.2 Å². The summed E-state index contributed by atoms with van der Waals surface area (Å²) >= 11 is 6.57. The van der Waals surface area contributed by atoms with Crippen LogP contribution in [0.15, 0.2) is 73.2 Å². The second-order valence-electron chi connectivity index (χ2n) is 16.5. The highest BCUT2D eigenvalue weighted by Crippen LogP contribution is 2.43. The fourth-order valence-corrected chi connectivity index (χ4v) is 9.34. The summed E-state index contributed by atoms with van der Waals surface area (Å²) in [6.07, 6.45) is 11.0. The van der Waals surface area contributed by atoms with Crippen LogP contribution < -0.4 is 25.8 Å². The minimum atomic E-state index is -0.482. The first-order chi connectivity index (χ1) is 28.7. The van der Waals surface area contributed by atoms with Crippen LogP contribution in [0.25, 0.3) is 11.3 Å². The van der Waals surface area contributed by atoms with E-state index in [2.05, 4.69) is 60.0 Å². The summed E-state index contributed by atoms with van der Waals surface area (Å²) in [5.74, 6) is 0.517. The lowest BCUT2D eigenvalue weighted by molar-refractivity contribution is -0.138. The number of hydrogen-bond acceptors (Lipinski definition) is 11. The molecule has 4 amide bonds. The van der Waals surface area contributed by atoms with Gasteiger partial charge in [0.2, 0.25) is 29.6 Å². The number of nitrogens with one attached hydrogen (secondary N) is 3. The normalized spacial score (nSPS) is 21.1. The number of amides is 4. The molecule has 9 rings (SSSR count). The molecule has 1 atom stereocenters. The summed E-state index contributed by atoms with van der Waals surface area (Å²) in [7, 11) is 0. The molecule has 5 fully saturated rings. The van der Waals surface area contributed by atoms with E-state index in [4.69, 9.17) is 16.6 Å². The van der Waals surface area contributed by atoms with Crippen molar-refractivity contribution >= 4 is 63.9 Å². The van der Waals surface area contributed by atoms with E-state index in [9.17, 15) is 19.2 Å². The Labute approximate surface area is 348 Å². The molecule has 3 N–H and O–H groups in total. The van der Waals surface area contributed by atoms with E-state index in [0.717, 1.165) is 68.1 Å². The van der Waals surface area contributed by atoms with Crippen LogP contribution in [0.5, 0.6) is 0 Å². The summed E-state index contributed by atoms with van der Waals surface area (Å²) < 4.78 is 0. The van der Waals surface area contributed by atoms with Crippen molar-refractivity contribution in [2.45, 2.75) is 63.3 Å². The monoisotopic (exact) mass is 816 g/mol. The number of likely N-dealkylation sites (tertiary alicyclic amines) is 2. The Hall–Kier alpha value is -5.60. The molecule has 5 aliphatic heterocycles. The maximum Gasteiger partial charge on any atom is 0.249 e. The smallest absolute Gasteiger partial charge is 0.249 e. The molecule has 0 saturated carbocycles. The lowest BCUT2D eigenvalue weighted by Crippen LogP contribution is -2.49. The van der Waals surface area contributed by atoms with Crippen molar-refractivity contribution in [3.05, 3.63) is 83.8 Å². The largest absolute Gasteiger partial charge is 0.374 e. The van der Waals surface area contributed by atoms with Crippen LogP contribution in [-0.4, -0.2) is 107 Å². The second-order valence-corrected chi connectivity index (χ2v) is 16.9. The molecule has 0 bridgehead atoms. The number of piperidine rings is 3. The molecule has 0 radical (unpaired) electrons. The number of nitrogens with zero attached hydrogens (tertiary/aromatic N) is 7. The zero-order valence-electron chi connectivity index (χ0n) is 33.0. The number of benzene rings is 2. The number of pyridine rings is 1. The minimum absolute atomic E-state index is 0.0949. The summed E-state index contributed by atoms with van der Waals surface area (Å²) in [5.41, 5.74) is 5.73. The van der Waals surface area contributed by atoms with Gasteiger partial charge >= 0.3 is 0 Å². The third-order valence-corrected chi connectivity index (χ3v) is 13.1. The van der Waals surface area contributed by atoms with Gasteiger partial charge in [-0.1, -0.05) is 35.9 Å². The van der Waals surface area contributed by atoms with Crippen LogP contribution in [0.2, 0.25) is 5.02 Å². The van der Waals surface area contributed by atoms with Crippen molar-refractivity contribution in [2.75, 3.05) is 72.8 Å². The van der Waals surface area contributed by atoms with Gasteiger partial charge < -0.3 is 25.3 Å². The lowest BCUT2D eigenvalue weighted by Gasteiger charge is -2.39. The Morgan fingerprint density at radius 3 is 2.37 bits per heavy atom. The fraction of sp³-hybridized carbons (Fsp3) is 0.432. The van der Waals surface area contributed by atoms with E-state index < -0.39 is 11.5 Å². The highest BCUT2D eigenvalue weighted by atomic mass is 35.5. The molecule has 1 unspecified atom stereocenters. The minimum Gasteiger partial charge on any atom is -0.374 e. The first kappa shape index (κ1) is 38.9. The van der Waals surface area contributed by atoms with E-state index >= 15 is 0 Å². The van der Waals surface area contributed by atoms with Gasteiger partial charge in [-0.05, 0) is 99.8 Å². The molecule has 15 heteroatoms. The molecular formula is C44H49ClN10O4. The van der Waals surface area contributed by atoms with Crippen molar-refractivity contribution in [3.8, 4) is 11.3 Å². The third kappa shape index (κ3) is 8.33. The lowest BCUT2D eigenvalue weighted by atomic mass is 9.77. The third-order valence-electron chi connectivity index (χ3n) is 12.9. The molecule has 2 aromatic heterocycles. The maximum absolute atomic E-state index is 14.1. The van der Waals surface area contributed by atoms with Crippen molar-refractivity contribution in [1.82, 2.24) is 30.1 Å². The SMILES string of the molecule is O=C1CCC(Nc2ccc(C3CCN(CC(=O)N4CCC5(CC4)CCN(c4cncc(Nc6ncc(Cl)c(-c7cccc(N8CCC8)c7)n6)c4)C5=O)CC3)cc2)C(=O)N1. The number of carbonyl (C=O) groups is 4. The zero-order valence-corrected chi connectivity index (χ0v) is 33.8. The Kier molecular flexibility index (Phi) is 10.9. The van der Waals surface area contributed by atoms with Crippen LogP contribution in [0.4, 0.5) is 28.7 Å². The van der Waals surface area contributed by atoms with Gasteiger partial charge in [0, 0.05) is 56.1 Å². The summed E-state index contributed by atoms with van der Waals surface area (Å²) in [4.78, 5) is 73.1. The zero-order chi connectivity index (χ0) is 40.5. The molecule has 5 saturated heterocycles. The number of anilines is 5. The van der Waals surface area contributed by atoms with Crippen molar-refractivity contribution in [3.63, 3.8) is 0 Å². The van der Waals surface area contributed by atoms with E-state index in [1.807, 2.05) is 40.1 Å². The van der Waals surface area contributed by atoms with Gasteiger partial charge in [0.1, 0.15) is 6.04 Å². The summed E-state index contributed by atoms with van der Waals surface area (Å²) in [6, 6.07) is 18.0. The molecule has 59 heavy (non-hydrogen) atoms. The van der Waals surface area contributed by atoms with Gasteiger partial charge in [0.05, 0.1) is 52.6 Å². The quantitative estimate of drug-likeness (QED) is 0.172. The molecule has 7 heterocycles. The molecule has 4 aromatic rings. The summed E-state index contributed by atoms with van der Waals surface area (Å²) in [6.45, 7) is 5.93. The van der Waals surface area contributed by atoms with Crippen LogP contribution in [0.1, 0.15) is 62.8 Å². The highest BCUT2D eigenvalue weighted by Gasteiger charge is 2.49. The van der Waals surface area contributed by atoms with Crippen LogP contribution in [0.3, 0.4) is 0 Å². The summed E-state index contributed by atoms with van der Waals surface area (Å²) in [5, 5.41) is 9.37. The number of halogens is 1. The van der Waals surface area contributed by atoms with Crippen molar-refractivity contribution in [1.29, 1.82) is 0 Å². The van der Waals surface area contributed by atoms with Crippen LogP contribution >= 0.6 is 11.6 Å². The van der Waals surface area contributed by atoms with E-state index in [-0.39, 0.29) is 23.6 Å². The average Bonchev–Trinajstić information content (AvgIpc) is 3.54. The number of hydrogen-bond donors (Lipinski definition) is 3. The molecular weight excluding hydrogens is 768 g/mol. The maximum atomic E-state index is 14.1. The molecule has 14 nitrogen and oxygen atoms in total. The van der Waals surface area contributed by atoms with E-state index in [1.54, 1.807) is 18.6 Å². The average molecular weight is 817 g/mol. The Morgan fingerprint density at radius 1 is 0.847 bits per heavy atom. The highest BCUT2D eigenvalue weighted by molar-refractivity contribution is 6.33. The van der Waals surface area contributed by atoms with Gasteiger partial charge in [-0.25, -0.2) is 9.97 Å². The Balaban J connectivity index is 0.750. The van der Waals surface area contributed by atoms with Gasteiger partial charge in [-0.2, -0.15) is 0 Å². The topological polar surface area (TPSA) is 156 Å². The molecule has 2 aromatic carbocycles. The standard InChI is InChI=1S/C44H49ClN10O4/c45-36-27-47-43(51-40(36)31-3-1-4-34(23-31)53-16-2-17-53)49-33-24-35(26-46-25-33)55-22-15-44(42(55)59)13-20-54(21-14-44)39(57)28-52-18-11-30(12-19-52)29-5-7-32(8-6-29)48-37-9-10-38(56)50-41(37)58/h1,3-8,23-27,30,37,48H,2,9-22,28H2,(H,47,49,51)(H,50,56,58). The number of carbonyl (C=O) groups excluding carboxylic acids is 4. The van der Waals surface area contributed by atoms with Gasteiger partial charge in [0.15, 0.2) is 0 Å². The molecule has 306 valence electrons. The Morgan fingerprint density at radius 2 is 1.63 bits per heavy atom. The van der Waals surface area contributed by atoms with Gasteiger partial charge in [-0.15, -0.1) is 0 Å².